The summed E-state index contributed by atoms with van der Waals surface area (Å²) in [6.07, 6.45) is 2.23. The molecule has 162 valence electrons. The highest BCUT2D eigenvalue weighted by Gasteiger charge is 2.33. The van der Waals surface area contributed by atoms with E-state index in [0.29, 0.717) is 36.8 Å². The summed E-state index contributed by atoms with van der Waals surface area (Å²) in [5, 5.41) is 13.2. The lowest BCUT2D eigenvalue weighted by molar-refractivity contribution is 0.0697. The number of hydrogen-bond acceptors (Lipinski definition) is 6. The number of rotatable bonds is 5. The van der Waals surface area contributed by atoms with Crippen molar-refractivity contribution in [3.8, 4) is 11.4 Å². The zero-order valence-electron chi connectivity index (χ0n) is 16.6. The van der Waals surface area contributed by atoms with E-state index >= 15 is 0 Å². The van der Waals surface area contributed by atoms with Crippen molar-refractivity contribution in [3.63, 3.8) is 0 Å². The van der Waals surface area contributed by atoms with E-state index in [1.54, 1.807) is 36.7 Å². The average Bonchev–Trinajstić information content (AvgIpc) is 3.45. The molecule has 1 unspecified atom stereocenters. The van der Waals surface area contributed by atoms with Gasteiger partial charge in [0.25, 0.3) is 0 Å². The summed E-state index contributed by atoms with van der Waals surface area (Å²) in [7, 11) is 0. The molecule has 0 aliphatic carbocycles. The first-order valence-electron chi connectivity index (χ1n) is 9.84. The number of carboxylic acid groups (broad SMARTS) is 1. The van der Waals surface area contributed by atoms with E-state index in [0.717, 1.165) is 17.0 Å². The van der Waals surface area contributed by atoms with Gasteiger partial charge in [-0.05, 0) is 35.9 Å². The van der Waals surface area contributed by atoms with Gasteiger partial charge in [-0.2, -0.15) is 4.98 Å². The van der Waals surface area contributed by atoms with Gasteiger partial charge in [0.1, 0.15) is 5.82 Å². The van der Waals surface area contributed by atoms with E-state index in [9.17, 15) is 9.18 Å². The highest BCUT2D eigenvalue weighted by atomic mass is 35.5. The van der Waals surface area contributed by atoms with Crippen molar-refractivity contribution >= 4 is 17.6 Å². The van der Waals surface area contributed by atoms with Gasteiger partial charge in [0.2, 0.25) is 11.7 Å². The van der Waals surface area contributed by atoms with E-state index in [1.165, 1.54) is 12.1 Å². The molecule has 4 aromatic rings. The lowest BCUT2D eigenvalue weighted by Gasteiger charge is -2.32. The molecule has 0 fully saturated rings. The number of aromatic amines is 1. The molecule has 2 aromatic heterocycles. The molecular weight excluding hydrogens is 437 g/mol. The molecule has 10 heteroatoms. The highest BCUT2D eigenvalue weighted by Crippen LogP contribution is 2.33. The van der Waals surface area contributed by atoms with Crippen LogP contribution in [0.4, 0.5) is 4.39 Å². The van der Waals surface area contributed by atoms with Gasteiger partial charge in [-0.25, -0.2) is 14.2 Å². The van der Waals surface area contributed by atoms with Crippen LogP contribution < -0.4 is 0 Å². The van der Waals surface area contributed by atoms with Crippen LogP contribution >= 0.6 is 11.6 Å². The molecule has 0 radical (unpaired) electrons. The summed E-state index contributed by atoms with van der Waals surface area (Å²) in [6.45, 7) is 1.13. The number of benzene rings is 2. The van der Waals surface area contributed by atoms with Gasteiger partial charge in [0, 0.05) is 25.1 Å². The summed E-state index contributed by atoms with van der Waals surface area (Å²) in [5.74, 6) is -0.747. The Morgan fingerprint density at radius 2 is 2.09 bits per heavy atom. The first-order chi connectivity index (χ1) is 15.5. The molecule has 8 nitrogen and oxygen atoms in total. The van der Waals surface area contributed by atoms with Gasteiger partial charge < -0.3 is 14.6 Å². The topological polar surface area (TPSA) is 108 Å². The van der Waals surface area contributed by atoms with Crippen molar-refractivity contribution in [1.29, 1.82) is 0 Å². The van der Waals surface area contributed by atoms with Crippen LogP contribution in [0.1, 0.15) is 39.2 Å². The molecule has 1 aliphatic rings. The van der Waals surface area contributed by atoms with E-state index in [2.05, 4.69) is 25.0 Å². The predicted octanol–water partition coefficient (Wildman–Crippen LogP) is 4.25. The molecule has 1 atom stereocenters. The van der Waals surface area contributed by atoms with Crippen molar-refractivity contribution in [2.45, 2.75) is 25.6 Å². The number of aromatic nitrogens is 4. The second-order valence-electron chi connectivity index (χ2n) is 7.54. The van der Waals surface area contributed by atoms with Crippen molar-refractivity contribution in [2.75, 3.05) is 0 Å². The van der Waals surface area contributed by atoms with Crippen molar-refractivity contribution in [3.05, 3.63) is 88.0 Å². The van der Waals surface area contributed by atoms with Crippen LogP contribution in [0.15, 0.2) is 53.3 Å². The Kier molecular flexibility index (Phi) is 5.20. The lowest BCUT2D eigenvalue weighted by Crippen LogP contribution is -2.34. The number of imidazole rings is 1. The largest absolute Gasteiger partial charge is 0.478 e. The third-order valence-electron chi connectivity index (χ3n) is 5.49. The number of H-pyrrole nitrogens is 1. The van der Waals surface area contributed by atoms with E-state index < -0.39 is 11.8 Å². The van der Waals surface area contributed by atoms with Gasteiger partial charge in [-0.3, -0.25) is 4.90 Å². The van der Waals surface area contributed by atoms with Crippen LogP contribution in [0.3, 0.4) is 0 Å². The van der Waals surface area contributed by atoms with Crippen LogP contribution in [0, 0.1) is 5.82 Å². The smallest absolute Gasteiger partial charge is 0.335 e. The molecular formula is C22H17ClFN5O3. The monoisotopic (exact) mass is 453 g/mol. The van der Waals surface area contributed by atoms with E-state index in [1.807, 2.05) is 0 Å². The number of halogens is 2. The van der Waals surface area contributed by atoms with Crippen LogP contribution in [0.5, 0.6) is 0 Å². The maximum Gasteiger partial charge on any atom is 0.335 e. The molecule has 2 aromatic carbocycles. The molecule has 3 heterocycles. The normalized spacial score (nSPS) is 16.1. The third-order valence-corrected chi connectivity index (χ3v) is 5.78. The molecule has 0 saturated carbocycles. The summed E-state index contributed by atoms with van der Waals surface area (Å²) in [6, 6.07) is 10.8. The Morgan fingerprint density at radius 1 is 1.28 bits per heavy atom. The SMILES string of the molecule is O=C(O)c1ccc(CN2Cc3[nH]cnc3CC2c2nc(-c3ccc(F)c(Cl)c3)no2)cc1. The fourth-order valence-corrected chi connectivity index (χ4v) is 3.99. The fourth-order valence-electron chi connectivity index (χ4n) is 3.81. The molecule has 32 heavy (non-hydrogen) atoms. The highest BCUT2D eigenvalue weighted by molar-refractivity contribution is 6.31. The van der Waals surface area contributed by atoms with E-state index in [-0.39, 0.29) is 16.6 Å². The molecule has 2 N–H and O–H groups in total. The number of nitrogens with zero attached hydrogens (tertiary/aromatic N) is 4. The Bertz CT molecular complexity index is 1290. The summed E-state index contributed by atoms with van der Waals surface area (Å²) in [4.78, 5) is 25.4. The minimum atomic E-state index is -0.964. The van der Waals surface area contributed by atoms with Gasteiger partial charge in [0.05, 0.1) is 34.3 Å². The molecule has 0 spiro atoms. The maximum atomic E-state index is 13.5. The quantitative estimate of drug-likeness (QED) is 0.465. The minimum Gasteiger partial charge on any atom is -0.478 e. The number of nitrogens with one attached hydrogen (secondary N) is 1. The third kappa shape index (κ3) is 3.88. The Labute approximate surface area is 186 Å². The first kappa shape index (κ1) is 20.3. The van der Waals surface area contributed by atoms with Gasteiger partial charge in [-0.15, -0.1) is 0 Å². The summed E-state index contributed by atoms with van der Waals surface area (Å²) >= 11 is 5.89. The lowest BCUT2D eigenvalue weighted by atomic mass is 10.0. The van der Waals surface area contributed by atoms with Crippen LogP contribution in [-0.2, 0) is 19.5 Å². The van der Waals surface area contributed by atoms with Crippen LogP contribution in [-0.4, -0.2) is 36.1 Å². The van der Waals surface area contributed by atoms with Gasteiger partial charge in [0.15, 0.2) is 0 Å². The number of hydrogen-bond donors (Lipinski definition) is 2. The van der Waals surface area contributed by atoms with Crippen LogP contribution in [0.25, 0.3) is 11.4 Å². The standard InChI is InChI=1S/C22H17ClFN5O3/c23-15-7-14(5-6-16(15)24)20-27-21(32-28-20)19-8-17-18(26-11-25-17)10-29(19)9-12-1-3-13(4-2-12)22(30)31/h1-7,11,19H,8-10H2,(H,25,26)(H,30,31). The Hall–Kier alpha value is -3.56. The molecule has 1 aliphatic heterocycles. The van der Waals surface area contributed by atoms with Gasteiger partial charge in [-0.1, -0.05) is 28.9 Å². The molecule has 0 bridgehead atoms. The second-order valence-corrected chi connectivity index (χ2v) is 7.95. The maximum absolute atomic E-state index is 13.5. The van der Waals surface area contributed by atoms with E-state index in [4.69, 9.17) is 21.2 Å². The zero-order valence-corrected chi connectivity index (χ0v) is 17.4. The van der Waals surface area contributed by atoms with Crippen molar-refractivity contribution in [1.82, 2.24) is 25.0 Å². The van der Waals surface area contributed by atoms with Gasteiger partial charge >= 0.3 is 5.97 Å². The number of fused-ring (bicyclic) bond motifs is 1. The fraction of sp³-hybridized carbons (Fsp3) is 0.182. The average molecular weight is 454 g/mol. The minimum absolute atomic E-state index is 0.0147. The predicted molar refractivity (Wildman–Crippen MR) is 112 cm³/mol. The summed E-state index contributed by atoms with van der Waals surface area (Å²) < 4.78 is 19.1. The Balaban J connectivity index is 1.44. The zero-order chi connectivity index (χ0) is 22.2. The molecule has 5 rings (SSSR count). The number of carbonyl (C=O) groups is 1. The van der Waals surface area contributed by atoms with Crippen molar-refractivity contribution < 1.29 is 18.8 Å². The number of carboxylic acids is 1. The number of aromatic carboxylic acids is 1. The first-order valence-corrected chi connectivity index (χ1v) is 10.2. The molecule has 0 amide bonds. The Morgan fingerprint density at radius 3 is 2.84 bits per heavy atom. The van der Waals surface area contributed by atoms with Crippen LogP contribution in [0.2, 0.25) is 5.02 Å². The molecule has 0 saturated heterocycles. The van der Waals surface area contributed by atoms with Crippen molar-refractivity contribution in [2.24, 2.45) is 0 Å². The summed E-state index contributed by atoms with van der Waals surface area (Å²) in [5.41, 5.74) is 3.68. The second kappa shape index (κ2) is 8.18.